The average molecular weight is 421 g/mol. The standard InChI is InChI=1S/C18H17ClN4O4S/c19-16-6-5-15(28-16)17(24)20-9-14-10-23(18(25)27-14)13-3-1-12(2-4-13)22-7-8-26-21-11-22/h1-6,11,14H,7-10H2,(H,20,24)/t14-/m0/s1. The molecule has 8 nitrogen and oxygen atoms in total. The van der Waals surface area contributed by atoms with Gasteiger partial charge in [0.15, 0.2) is 0 Å². The third-order valence-corrected chi connectivity index (χ3v) is 5.57. The molecule has 0 bridgehead atoms. The van der Waals surface area contributed by atoms with Crippen molar-refractivity contribution in [3.8, 4) is 0 Å². The lowest BCUT2D eigenvalue weighted by molar-refractivity contribution is 0.0920. The summed E-state index contributed by atoms with van der Waals surface area (Å²) in [7, 11) is 0. The van der Waals surface area contributed by atoms with E-state index in [2.05, 4.69) is 10.5 Å². The third-order valence-electron chi connectivity index (χ3n) is 4.34. The molecule has 0 saturated carbocycles. The van der Waals surface area contributed by atoms with Crippen LogP contribution in [0.2, 0.25) is 4.34 Å². The highest BCUT2D eigenvalue weighted by atomic mass is 35.5. The Bertz CT molecular complexity index is 901. The number of carbonyl (C=O) groups is 2. The molecule has 10 heteroatoms. The third kappa shape index (κ3) is 4.05. The Morgan fingerprint density at radius 1 is 1.25 bits per heavy atom. The highest BCUT2D eigenvalue weighted by Crippen LogP contribution is 2.25. The van der Waals surface area contributed by atoms with E-state index in [1.165, 1.54) is 11.3 Å². The maximum atomic E-state index is 12.2. The zero-order valence-electron chi connectivity index (χ0n) is 14.7. The molecule has 1 fully saturated rings. The van der Waals surface area contributed by atoms with Gasteiger partial charge in [-0.25, -0.2) is 4.79 Å². The first-order chi connectivity index (χ1) is 13.6. The summed E-state index contributed by atoms with van der Waals surface area (Å²) in [4.78, 5) is 33.3. The molecule has 0 unspecified atom stereocenters. The molecule has 0 aliphatic carbocycles. The number of ether oxygens (including phenoxy) is 1. The number of hydrogen-bond acceptors (Lipinski definition) is 7. The Labute approximate surface area is 170 Å². The van der Waals surface area contributed by atoms with Crippen LogP contribution in [0.1, 0.15) is 9.67 Å². The Hall–Kier alpha value is -2.78. The van der Waals surface area contributed by atoms with E-state index in [9.17, 15) is 9.59 Å². The number of amides is 2. The van der Waals surface area contributed by atoms with E-state index in [0.717, 1.165) is 11.4 Å². The Morgan fingerprint density at radius 3 is 2.71 bits per heavy atom. The van der Waals surface area contributed by atoms with E-state index in [-0.39, 0.29) is 12.5 Å². The van der Waals surface area contributed by atoms with Crippen molar-refractivity contribution in [3.63, 3.8) is 0 Å². The minimum Gasteiger partial charge on any atom is -0.442 e. The van der Waals surface area contributed by atoms with Gasteiger partial charge in [0.25, 0.3) is 5.91 Å². The van der Waals surface area contributed by atoms with Gasteiger partial charge in [0.1, 0.15) is 19.0 Å². The van der Waals surface area contributed by atoms with Crippen molar-refractivity contribution in [2.75, 3.05) is 36.0 Å². The Balaban J connectivity index is 1.34. The van der Waals surface area contributed by atoms with Gasteiger partial charge in [-0.15, -0.1) is 11.3 Å². The molecule has 2 aliphatic rings. The maximum absolute atomic E-state index is 12.2. The summed E-state index contributed by atoms with van der Waals surface area (Å²) in [5.74, 6) is -0.233. The average Bonchev–Trinajstić information content (AvgIpc) is 3.32. The van der Waals surface area contributed by atoms with Gasteiger partial charge in [-0.3, -0.25) is 9.69 Å². The second-order valence-corrected chi connectivity index (χ2v) is 7.91. The number of anilines is 2. The molecule has 1 atom stereocenters. The summed E-state index contributed by atoms with van der Waals surface area (Å²) < 4.78 is 5.92. The van der Waals surface area contributed by atoms with Crippen molar-refractivity contribution in [2.24, 2.45) is 5.16 Å². The fourth-order valence-corrected chi connectivity index (χ4v) is 3.89. The lowest BCUT2D eigenvalue weighted by Crippen LogP contribution is -2.34. The van der Waals surface area contributed by atoms with Gasteiger partial charge in [0, 0.05) is 11.4 Å². The second-order valence-electron chi connectivity index (χ2n) is 6.19. The molecule has 1 saturated heterocycles. The van der Waals surface area contributed by atoms with Crippen LogP contribution in [0.25, 0.3) is 0 Å². The molecule has 2 aromatic rings. The predicted molar refractivity (Wildman–Crippen MR) is 108 cm³/mol. The van der Waals surface area contributed by atoms with Crippen molar-refractivity contribution in [1.29, 1.82) is 0 Å². The maximum Gasteiger partial charge on any atom is 0.414 e. The fourth-order valence-electron chi connectivity index (χ4n) is 2.93. The van der Waals surface area contributed by atoms with Crippen molar-refractivity contribution >= 4 is 52.7 Å². The van der Waals surface area contributed by atoms with E-state index < -0.39 is 12.2 Å². The molecule has 3 heterocycles. The van der Waals surface area contributed by atoms with Gasteiger partial charge in [-0.1, -0.05) is 16.8 Å². The first-order valence-electron chi connectivity index (χ1n) is 8.64. The summed E-state index contributed by atoms with van der Waals surface area (Å²) in [5, 5.41) is 6.56. The highest BCUT2D eigenvalue weighted by molar-refractivity contribution is 7.17. The lowest BCUT2D eigenvalue weighted by atomic mass is 10.2. The van der Waals surface area contributed by atoms with E-state index in [0.29, 0.717) is 28.9 Å². The molecule has 1 aromatic heterocycles. The smallest absolute Gasteiger partial charge is 0.414 e. The van der Waals surface area contributed by atoms with Crippen LogP contribution in [-0.4, -0.2) is 50.7 Å². The summed E-state index contributed by atoms with van der Waals surface area (Å²) in [5.41, 5.74) is 1.69. The van der Waals surface area contributed by atoms with Crippen molar-refractivity contribution < 1.29 is 19.2 Å². The van der Waals surface area contributed by atoms with Gasteiger partial charge in [0.05, 0.1) is 28.8 Å². The van der Waals surface area contributed by atoms with Crippen molar-refractivity contribution in [1.82, 2.24) is 5.32 Å². The van der Waals surface area contributed by atoms with E-state index in [1.54, 1.807) is 23.4 Å². The van der Waals surface area contributed by atoms with Gasteiger partial charge >= 0.3 is 6.09 Å². The summed E-state index contributed by atoms with van der Waals surface area (Å²) >= 11 is 7.05. The molecule has 2 amide bonds. The van der Waals surface area contributed by atoms with Gasteiger partial charge in [0.2, 0.25) is 0 Å². The number of benzene rings is 1. The van der Waals surface area contributed by atoms with E-state index in [4.69, 9.17) is 21.2 Å². The van der Waals surface area contributed by atoms with Crippen LogP contribution in [0, 0.1) is 0 Å². The van der Waals surface area contributed by atoms with Crippen LogP contribution in [0.15, 0.2) is 41.6 Å². The molecule has 4 rings (SSSR count). The molecule has 28 heavy (non-hydrogen) atoms. The Kier molecular flexibility index (Phi) is 5.36. The second kappa shape index (κ2) is 8.07. The van der Waals surface area contributed by atoms with Crippen LogP contribution in [0.3, 0.4) is 0 Å². The minimum atomic E-state index is -0.431. The normalized spacial score (nSPS) is 18.8. The predicted octanol–water partition coefficient (Wildman–Crippen LogP) is 2.94. The summed E-state index contributed by atoms with van der Waals surface area (Å²) in [6, 6.07) is 10.9. The largest absolute Gasteiger partial charge is 0.442 e. The molecular weight excluding hydrogens is 404 g/mol. The van der Waals surface area contributed by atoms with Crippen molar-refractivity contribution in [2.45, 2.75) is 6.10 Å². The molecule has 1 aromatic carbocycles. The fraction of sp³-hybridized carbons (Fsp3) is 0.278. The number of carbonyl (C=O) groups excluding carboxylic acids is 2. The first kappa shape index (κ1) is 18.6. The van der Waals surface area contributed by atoms with Crippen LogP contribution in [0.5, 0.6) is 0 Å². The van der Waals surface area contributed by atoms with E-state index in [1.807, 2.05) is 29.2 Å². The topological polar surface area (TPSA) is 83.5 Å². The monoisotopic (exact) mass is 420 g/mol. The summed E-state index contributed by atoms with van der Waals surface area (Å²) in [6.07, 6.45) is 0.777. The zero-order valence-corrected chi connectivity index (χ0v) is 16.3. The summed E-state index contributed by atoms with van der Waals surface area (Å²) in [6.45, 7) is 1.84. The molecule has 1 N–H and O–H groups in total. The molecular formula is C18H17ClN4O4S. The number of rotatable bonds is 5. The first-order valence-corrected chi connectivity index (χ1v) is 9.83. The minimum absolute atomic E-state index is 0.233. The van der Waals surface area contributed by atoms with E-state index >= 15 is 0 Å². The SMILES string of the molecule is O=C(NC[C@H]1CN(c2ccc(N3C=NOCC3)cc2)C(=O)O1)c1ccc(Cl)s1. The molecule has 2 aliphatic heterocycles. The quantitative estimate of drug-likeness (QED) is 0.804. The molecule has 0 radical (unpaired) electrons. The number of cyclic esters (lactones) is 1. The lowest BCUT2D eigenvalue weighted by Gasteiger charge is -2.22. The van der Waals surface area contributed by atoms with Gasteiger partial charge in [-0.2, -0.15) is 0 Å². The molecule has 0 spiro atoms. The molecule has 146 valence electrons. The number of nitrogens with zero attached hydrogens (tertiary/aromatic N) is 3. The van der Waals surface area contributed by atoms with Gasteiger partial charge in [-0.05, 0) is 36.4 Å². The number of nitrogens with one attached hydrogen (secondary N) is 1. The van der Waals surface area contributed by atoms with Crippen LogP contribution < -0.4 is 15.1 Å². The van der Waals surface area contributed by atoms with Crippen molar-refractivity contribution in [3.05, 3.63) is 45.6 Å². The highest BCUT2D eigenvalue weighted by Gasteiger charge is 2.32. The zero-order chi connectivity index (χ0) is 19.5. The Morgan fingerprint density at radius 2 is 2.04 bits per heavy atom. The number of hydrogen-bond donors (Lipinski definition) is 1. The number of thiophene rings is 1. The van der Waals surface area contributed by atoms with Gasteiger partial charge < -0.3 is 19.8 Å². The van der Waals surface area contributed by atoms with Crippen LogP contribution >= 0.6 is 22.9 Å². The number of oxime groups is 1. The van der Waals surface area contributed by atoms with Crippen LogP contribution in [-0.2, 0) is 9.57 Å². The number of halogens is 1. The van der Waals surface area contributed by atoms with Crippen LogP contribution in [0.4, 0.5) is 16.2 Å².